The summed E-state index contributed by atoms with van der Waals surface area (Å²) < 4.78 is 5.58. The highest BCUT2D eigenvalue weighted by atomic mass is 16.5. The first-order valence-electron chi connectivity index (χ1n) is 10.2. The van der Waals surface area contributed by atoms with Crippen molar-refractivity contribution in [3.05, 3.63) is 66.1 Å². The molecule has 7 nitrogen and oxygen atoms in total. The lowest BCUT2D eigenvalue weighted by molar-refractivity contribution is 0.102. The average Bonchev–Trinajstić information content (AvgIpc) is 3.28. The van der Waals surface area contributed by atoms with Crippen LogP contribution in [0.3, 0.4) is 0 Å². The number of benzene rings is 1. The number of carbonyl (C=O) groups excluding carboxylic acids is 1. The molecule has 2 aliphatic heterocycles. The van der Waals surface area contributed by atoms with Gasteiger partial charge in [0.15, 0.2) is 0 Å². The summed E-state index contributed by atoms with van der Waals surface area (Å²) in [5.41, 5.74) is 4.99. The first kappa shape index (κ1) is 18.6. The van der Waals surface area contributed by atoms with E-state index >= 15 is 0 Å². The lowest BCUT2D eigenvalue weighted by atomic mass is 10.1. The van der Waals surface area contributed by atoms with Crippen LogP contribution < -0.4 is 20.3 Å². The number of aromatic nitrogens is 2. The molecule has 2 aromatic heterocycles. The molecule has 2 aliphatic rings. The molecule has 5 rings (SSSR count). The van der Waals surface area contributed by atoms with E-state index < -0.39 is 0 Å². The molecule has 0 unspecified atom stereocenters. The van der Waals surface area contributed by atoms with Gasteiger partial charge in [-0.15, -0.1) is 0 Å². The van der Waals surface area contributed by atoms with Crippen molar-refractivity contribution in [2.45, 2.75) is 6.42 Å². The second kappa shape index (κ2) is 8.12. The van der Waals surface area contributed by atoms with Crippen LogP contribution in [0.2, 0.25) is 0 Å². The van der Waals surface area contributed by atoms with Crippen LogP contribution in [0.15, 0.2) is 54.9 Å². The minimum absolute atomic E-state index is 0.245. The lowest BCUT2D eigenvalue weighted by Crippen LogP contribution is -2.43. The molecule has 152 valence electrons. The summed E-state index contributed by atoms with van der Waals surface area (Å²) in [5.74, 6) is 0.690. The van der Waals surface area contributed by atoms with E-state index in [-0.39, 0.29) is 5.91 Å². The van der Waals surface area contributed by atoms with E-state index in [1.165, 1.54) is 5.56 Å². The third-order valence-corrected chi connectivity index (χ3v) is 5.47. The maximum atomic E-state index is 13.0. The first-order chi connectivity index (χ1) is 14.8. The van der Waals surface area contributed by atoms with Gasteiger partial charge in [0.2, 0.25) is 0 Å². The number of hydrogen-bond donors (Lipinski definition) is 2. The molecule has 4 heterocycles. The van der Waals surface area contributed by atoms with Gasteiger partial charge in [-0.2, -0.15) is 0 Å². The molecule has 0 atom stereocenters. The third kappa shape index (κ3) is 3.71. The Balaban J connectivity index is 1.38. The van der Waals surface area contributed by atoms with Gasteiger partial charge in [-0.1, -0.05) is 6.07 Å². The Morgan fingerprint density at radius 1 is 1.13 bits per heavy atom. The molecule has 0 saturated carbocycles. The van der Waals surface area contributed by atoms with Crippen molar-refractivity contribution in [3.8, 4) is 17.0 Å². The maximum absolute atomic E-state index is 13.0. The zero-order valence-electron chi connectivity index (χ0n) is 16.6. The van der Waals surface area contributed by atoms with Crippen LogP contribution in [0.25, 0.3) is 11.3 Å². The predicted molar refractivity (Wildman–Crippen MR) is 116 cm³/mol. The number of piperazine rings is 1. The molecule has 0 spiro atoms. The summed E-state index contributed by atoms with van der Waals surface area (Å²) in [6, 6.07) is 13.5. The number of fused-ring (bicyclic) bond motifs is 1. The van der Waals surface area contributed by atoms with Crippen molar-refractivity contribution in [2.75, 3.05) is 43.0 Å². The standard InChI is InChI=1S/C23H23N5O2/c29-23(27-20-15-25-8-6-21(20)28-11-9-24-10-12-28)19-3-1-2-18(26-19)16-4-5-22-17(14-16)7-13-30-22/h1-6,8,14-15,24H,7,9-13H2,(H,27,29). The zero-order chi connectivity index (χ0) is 20.3. The fourth-order valence-corrected chi connectivity index (χ4v) is 3.92. The van der Waals surface area contributed by atoms with Gasteiger partial charge in [-0.25, -0.2) is 4.98 Å². The van der Waals surface area contributed by atoms with Crippen LogP contribution in [-0.2, 0) is 6.42 Å². The second-order valence-electron chi connectivity index (χ2n) is 7.41. The topological polar surface area (TPSA) is 79.4 Å². The molecule has 7 heteroatoms. The van der Waals surface area contributed by atoms with E-state index in [1.807, 2.05) is 30.3 Å². The van der Waals surface area contributed by atoms with Gasteiger partial charge in [0, 0.05) is 44.4 Å². The normalized spacial score (nSPS) is 15.4. The Morgan fingerprint density at radius 3 is 2.93 bits per heavy atom. The van der Waals surface area contributed by atoms with E-state index in [1.54, 1.807) is 18.5 Å². The monoisotopic (exact) mass is 401 g/mol. The number of nitrogens with zero attached hydrogens (tertiary/aromatic N) is 3. The highest BCUT2D eigenvalue weighted by Crippen LogP contribution is 2.30. The predicted octanol–water partition coefficient (Wildman–Crippen LogP) is 2.74. The Kier molecular flexibility index (Phi) is 5.03. The molecule has 3 aromatic rings. The Hall–Kier alpha value is -3.45. The van der Waals surface area contributed by atoms with Crippen molar-refractivity contribution in [2.24, 2.45) is 0 Å². The van der Waals surface area contributed by atoms with Crippen molar-refractivity contribution >= 4 is 17.3 Å². The Bertz CT molecular complexity index is 1080. The van der Waals surface area contributed by atoms with Crippen LogP contribution >= 0.6 is 0 Å². The third-order valence-electron chi connectivity index (χ3n) is 5.47. The van der Waals surface area contributed by atoms with Crippen molar-refractivity contribution in [1.29, 1.82) is 0 Å². The van der Waals surface area contributed by atoms with Crippen LogP contribution in [-0.4, -0.2) is 48.7 Å². The summed E-state index contributed by atoms with van der Waals surface area (Å²) >= 11 is 0. The highest BCUT2D eigenvalue weighted by Gasteiger charge is 2.18. The number of pyridine rings is 2. The van der Waals surface area contributed by atoms with Gasteiger partial charge in [0.25, 0.3) is 5.91 Å². The number of rotatable bonds is 4. The van der Waals surface area contributed by atoms with E-state index in [0.717, 1.165) is 61.9 Å². The van der Waals surface area contributed by atoms with Gasteiger partial charge < -0.3 is 20.3 Å². The van der Waals surface area contributed by atoms with Gasteiger partial charge >= 0.3 is 0 Å². The Morgan fingerprint density at radius 2 is 2.03 bits per heavy atom. The summed E-state index contributed by atoms with van der Waals surface area (Å²) in [4.78, 5) is 24.0. The maximum Gasteiger partial charge on any atom is 0.274 e. The molecule has 1 amide bonds. The van der Waals surface area contributed by atoms with Crippen LogP contribution in [0.1, 0.15) is 16.1 Å². The van der Waals surface area contributed by atoms with E-state index in [4.69, 9.17) is 4.74 Å². The largest absolute Gasteiger partial charge is 0.493 e. The first-order valence-corrected chi connectivity index (χ1v) is 10.2. The summed E-state index contributed by atoms with van der Waals surface area (Å²) in [6.45, 7) is 4.34. The number of hydrogen-bond acceptors (Lipinski definition) is 6. The molecule has 0 bridgehead atoms. The minimum Gasteiger partial charge on any atom is -0.493 e. The lowest BCUT2D eigenvalue weighted by Gasteiger charge is -2.30. The van der Waals surface area contributed by atoms with E-state index in [9.17, 15) is 4.79 Å². The second-order valence-corrected chi connectivity index (χ2v) is 7.41. The summed E-state index contributed by atoms with van der Waals surface area (Å²) in [5, 5.41) is 6.34. The Labute approximate surface area is 175 Å². The van der Waals surface area contributed by atoms with Gasteiger partial charge in [-0.05, 0) is 42.0 Å². The number of nitrogens with one attached hydrogen (secondary N) is 2. The van der Waals surface area contributed by atoms with Crippen LogP contribution in [0.5, 0.6) is 5.75 Å². The summed E-state index contributed by atoms with van der Waals surface area (Å²) in [7, 11) is 0. The molecular formula is C23H23N5O2. The van der Waals surface area contributed by atoms with Crippen molar-refractivity contribution in [1.82, 2.24) is 15.3 Å². The van der Waals surface area contributed by atoms with Gasteiger partial charge in [0.05, 0.1) is 29.9 Å². The smallest absolute Gasteiger partial charge is 0.274 e. The zero-order valence-corrected chi connectivity index (χ0v) is 16.6. The van der Waals surface area contributed by atoms with Gasteiger partial charge in [-0.3, -0.25) is 9.78 Å². The number of anilines is 2. The molecule has 0 aliphatic carbocycles. The number of ether oxygens (including phenoxy) is 1. The molecular weight excluding hydrogens is 378 g/mol. The van der Waals surface area contributed by atoms with Crippen molar-refractivity contribution in [3.63, 3.8) is 0 Å². The molecule has 1 fully saturated rings. The SMILES string of the molecule is O=C(Nc1cnccc1N1CCNCC1)c1cccc(-c2ccc3c(c2)CCO3)n1. The van der Waals surface area contributed by atoms with Crippen LogP contribution in [0.4, 0.5) is 11.4 Å². The average molecular weight is 401 g/mol. The van der Waals surface area contributed by atoms with Crippen molar-refractivity contribution < 1.29 is 9.53 Å². The molecule has 0 radical (unpaired) electrons. The molecule has 2 N–H and O–H groups in total. The molecule has 1 saturated heterocycles. The number of amides is 1. The minimum atomic E-state index is -0.245. The highest BCUT2D eigenvalue weighted by molar-refractivity contribution is 6.04. The molecule has 30 heavy (non-hydrogen) atoms. The number of carbonyl (C=O) groups is 1. The van der Waals surface area contributed by atoms with E-state index in [2.05, 4.69) is 31.6 Å². The fraction of sp³-hybridized carbons (Fsp3) is 0.261. The summed E-state index contributed by atoms with van der Waals surface area (Å²) in [6.07, 6.45) is 4.35. The van der Waals surface area contributed by atoms with E-state index in [0.29, 0.717) is 11.4 Å². The molecule has 1 aromatic carbocycles. The van der Waals surface area contributed by atoms with Gasteiger partial charge in [0.1, 0.15) is 11.4 Å². The fourth-order valence-electron chi connectivity index (χ4n) is 3.92. The quantitative estimate of drug-likeness (QED) is 0.700. The van der Waals surface area contributed by atoms with Crippen LogP contribution in [0, 0.1) is 0 Å².